The molecule has 0 saturated carbocycles. The Labute approximate surface area is 125 Å². The van der Waals surface area contributed by atoms with Gasteiger partial charge in [0, 0.05) is 25.8 Å². The standard InChI is InChI=1S/C15H24N4O2/c1-5-17-11(2)12-7-6-8-13(9-12)18-15(21)19(4)10-14(20)16-3/h6-9,11,17H,5,10H2,1-4H3,(H,16,20)(H,18,21). The van der Waals surface area contributed by atoms with Gasteiger partial charge < -0.3 is 20.9 Å². The quantitative estimate of drug-likeness (QED) is 0.745. The van der Waals surface area contributed by atoms with Crippen LogP contribution >= 0.6 is 0 Å². The molecule has 6 heteroatoms. The van der Waals surface area contributed by atoms with Crippen LogP contribution in [0.15, 0.2) is 24.3 Å². The molecule has 6 nitrogen and oxygen atoms in total. The van der Waals surface area contributed by atoms with Gasteiger partial charge in [0.25, 0.3) is 0 Å². The van der Waals surface area contributed by atoms with Crippen LogP contribution in [0.3, 0.4) is 0 Å². The zero-order valence-corrected chi connectivity index (χ0v) is 13.1. The topological polar surface area (TPSA) is 73.5 Å². The van der Waals surface area contributed by atoms with E-state index in [0.29, 0.717) is 5.69 Å². The Morgan fingerprint density at radius 2 is 2.05 bits per heavy atom. The molecule has 1 atom stereocenters. The summed E-state index contributed by atoms with van der Waals surface area (Å²) in [5.41, 5.74) is 1.81. The van der Waals surface area contributed by atoms with E-state index in [1.807, 2.05) is 24.3 Å². The molecule has 0 aliphatic heterocycles. The second kappa shape index (κ2) is 8.26. The first kappa shape index (κ1) is 17.0. The fraction of sp³-hybridized carbons (Fsp3) is 0.467. The molecule has 0 spiro atoms. The van der Waals surface area contributed by atoms with Gasteiger partial charge in [-0.1, -0.05) is 19.1 Å². The number of hydrogen-bond acceptors (Lipinski definition) is 3. The van der Waals surface area contributed by atoms with E-state index in [1.165, 1.54) is 4.90 Å². The summed E-state index contributed by atoms with van der Waals surface area (Å²) in [6.07, 6.45) is 0. The highest BCUT2D eigenvalue weighted by atomic mass is 16.2. The molecule has 1 aromatic rings. The molecule has 116 valence electrons. The molecule has 1 aromatic carbocycles. The van der Waals surface area contributed by atoms with Crippen molar-refractivity contribution in [2.45, 2.75) is 19.9 Å². The molecule has 0 aliphatic carbocycles. The lowest BCUT2D eigenvalue weighted by Gasteiger charge is -2.18. The predicted molar refractivity (Wildman–Crippen MR) is 84.2 cm³/mol. The Hall–Kier alpha value is -2.08. The van der Waals surface area contributed by atoms with Crippen molar-refractivity contribution in [3.8, 4) is 0 Å². The highest BCUT2D eigenvalue weighted by Gasteiger charge is 2.12. The SMILES string of the molecule is CCNC(C)c1cccc(NC(=O)N(C)CC(=O)NC)c1. The Kier molecular flexibility index (Phi) is 6.68. The van der Waals surface area contributed by atoms with E-state index in [2.05, 4.69) is 29.8 Å². The van der Waals surface area contributed by atoms with Crippen LogP contribution in [0.5, 0.6) is 0 Å². The molecule has 0 fully saturated rings. The highest BCUT2D eigenvalue weighted by molar-refractivity contribution is 5.92. The summed E-state index contributed by atoms with van der Waals surface area (Å²) in [7, 11) is 3.12. The van der Waals surface area contributed by atoms with Crippen molar-refractivity contribution >= 4 is 17.6 Å². The van der Waals surface area contributed by atoms with Crippen molar-refractivity contribution in [3.63, 3.8) is 0 Å². The third-order valence-electron chi connectivity index (χ3n) is 3.15. The minimum Gasteiger partial charge on any atom is -0.358 e. The summed E-state index contributed by atoms with van der Waals surface area (Å²) < 4.78 is 0. The number of nitrogens with zero attached hydrogens (tertiary/aromatic N) is 1. The number of benzene rings is 1. The van der Waals surface area contributed by atoms with Crippen LogP contribution in [0.2, 0.25) is 0 Å². The number of carbonyl (C=O) groups excluding carboxylic acids is 2. The fourth-order valence-corrected chi connectivity index (χ4v) is 1.89. The maximum Gasteiger partial charge on any atom is 0.322 e. The van der Waals surface area contributed by atoms with Crippen LogP contribution in [-0.4, -0.2) is 44.0 Å². The molecule has 3 amide bonds. The van der Waals surface area contributed by atoms with Gasteiger partial charge in [0.05, 0.1) is 0 Å². The van der Waals surface area contributed by atoms with Gasteiger partial charge in [-0.05, 0) is 31.2 Å². The summed E-state index contributed by atoms with van der Waals surface area (Å²) in [5.74, 6) is -0.206. The first-order valence-corrected chi connectivity index (χ1v) is 7.04. The van der Waals surface area contributed by atoms with E-state index in [0.717, 1.165) is 12.1 Å². The maximum atomic E-state index is 12.0. The molecule has 1 rings (SSSR count). The lowest BCUT2D eigenvalue weighted by molar-refractivity contribution is -0.120. The average Bonchev–Trinajstić information content (AvgIpc) is 2.47. The molecule has 0 aromatic heterocycles. The largest absolute Gasteiger partial charge is 0.358 e. The molecule has 1 unspecified atom stereocenters. The molecule has 0 radical (unpaired) electrons. The number of urea groups is 1. The van der Waals surface area contributed by atoms with Gasteiger partial charge in [-0.15, -0.1) is 0 Å². The normalized spacial score (nSPS) is 11.6. The van der Waals surface area contributed by atoms with Gasteiger partial charge in [-0.3, -0.25) is 4.79 Å². The molecule has 3 N–H and O–H groups in total. The third kappa shape index (κ3) is 5.43. The lowest BCUT2D eigenvalue weighted by atomic mass is 10.1. The van der Waals surface area contributed by atoms with Crippen molar-refractivity contribution in [1.82, 2.24) is 15.5 Å². The second-order valence-electron chi connectivity index (χ2n) is 4.86. The highest BCUT2D eigenvalue weighted by Crippen LogP contribution is 2.17. The van der Waals surface area contributed by atoms with Crippen molar-refractivity contribution in [3.05, 3.63) is 29.8 Å². The lowest BCUT2D eigenvalue weighted by Crippen LogP contribution is -2.39. The van der Waals surface area contributed by atoms with Crippen molar-refractivity contribution in [2.24, 2.45) is 0 Å². The van der Waals surface area contributed by atoms with Crippen molar-refractivity contribution < 1.29 is 9.59 Å². The van der Waals surface area contributed by atoms with Crippen LogP contribution in [0, 0.1) is 0 Å². The minimum atomic E-state index is -0.313. The number of hydrogen-bond donors (Lipinski definition) is 3. The molecular formula is C15H24N4O2. The molecule has 0 saturated heterocycles. The molecule has 0 heterocycles. The van der Waals surface area contributed by atoms with Crippen molar-refractivity contribution in [2.75, 3.05) is 32.5 Å². The van der Waals surface area contributed by atoms with Gasteiger partial charge in [0.2, 0.25) is 5.91 Å². The van der Waals surface area contributed by atoms with E-state index in [4.69, 9.17) is 0 Å². The monoisotopic (exact) mass is 292 g/mol. The van der Waals surface area contributed by atoms with Gasteiger partial charge in [0.1, 0.15) is 6.54 Å². The van der Waals surface area contributed by atoms with Crippen LogP contribution in [0.1, 0.15) is 25.5 Å². The van der Waals surface area contributed by atoms with E-state index < -0.39 is 0 Å². The number of rotatable bonds is 6. The Morgan fingerprint density at radius 3 is 2.67 bits per heavy atom. The van der Waals surface area contributed by atoms with Crippen LogP contribution in [-0.2, 0) is 4.79 Å². The van der Waals surface area contributed by atoms with E-state index in [9.17, 15) is 9.59 Å². The number of carbonyl (C=O) groups is 2. The summed E-state index contributed by atoms with van der Waals surface area (Å²) in [6, 6.07) is 7.57. The zero-order chi connectivity index (χ0) is 15.8. The van der Waals surface area contributed by atoms with E-state index >= 15 is 0 Å². The van der Waals surface area contributed by atoms with E-state index in [1.54, 1.807) is 14.1 Å². The summed E-state index contributed by atoms with van der Waals surface area (Å²) in [6.45, 7) is 5.03. The number of anilines is 1. The minimum absolute atomic E-state index is 0.0236. The van der Waals surface area contributed by atoms with Gasteiger partial charge in [0.15, 0.2) is 0 Å². The predicted octanol–water partition coefficient (Wildman–Crippen LogP) is 1.57. The number of amides is 3. The number of likely N-dealkylation sites (N-methyl/N-ethyl adjacent to an activating group) is 2. The van der Waals surface area contributed by atoms with Gasteiger partial charge in [-0.2, -0.15) is 0 Å². The first-order chi connectivity index (χ1) is 9.97. The number of nitrogens with one attached hydrogen (secondary N) is 3. The Bertz CT molecular complexity index is 490. The molecule has 21 heavy (non-hydrogen) atoms. The Morgan fingerprint density at radius 1 is 1.33 bits per heavy atom. The smallest absolute Gasteiger partial charge is 0.322 e. The summed E-state index contributed by atoms with van der Waals surface area (Å²) in [5, 5.41) is 8.59. The second-order valence-corrected chi connectivity index (χ2v) is 4.86. The van der Waals surface area contributed by atoms with Crippen LogP contribution in [0.4, 0.5) is 10.5 Å². The van der Waals surface area contributed by atoms with E-state index in [-0.39, 0.29) is 24.5 Å². The molecular weight excluding hydrogens is 268 g/mol. The fourth-order valence-electron chi connectivity index (χ4n) is 1.89. The third-order valence-corrected chi connectivity index (χ3v) is 3.15. The van der Waals surface area contributed by atoms with Gasteiger partial charge >= 0.3 is 6.03 Å². The van der Waals surface area contributed by atoms with Crippen LogP contribution < -0.4 is 16.0 Å². The van der Waals surface area contributed by atoms with Crippen molar-refractivity contribution in [1.29, 1.82) is 0 Å². The summed E-state index contributed by atoms with van der Waals surface area (Å²) >= 11 is 0. The average molecular weight is 292 g/mol. The van der Waals surface area contributed by atoms with Gasteiger partial charge in [-0.25, -0.2) is 4.79 Å². The van der Waals surface area contributed by atoms with Crippen LogP contribution in [0.25, 0.3) is 0 Å². The summed E-state index contributed by atoms with van der Waals surface area (Å²) in [4.78, 5) is 24.6. The molecule has 0 aliphatic rings. The zero-order valence-electron chi connectivity index (χ0n) is 13.1. The molecule has 0 bridgehead atoms. The maximum absolute atomic E-state index is 12.0. The first-order valence-electron chi connectivity index (χ1n) is 7.04. The Balaban J connectivity index is 2.68.